The van der Waals surface area contributed by atoms with Crippen LogP contribution in [0.4, 0.5) is 18.9 Å². The average molecular weight is 328 g/mol. The molecule has 1 aliphatic rings. The second-order valence-corrected chi connectivity index (χ2v) is 6.66. The van der Waals surface area contributed by atoms with Gasteiger partial charge in [0, 0.05) is 11.1 Å². The first-order valence-electron chi connectivity index (χ1n) is 7.76. The van der Waals surface area contributed by atoms with Gasteiger partial charge in [0.05, 0.1) is 18.7 Å². The maximum Gasteiger partial charge on any atom is 0.416 e. The zero-order valence-electron chi connectivity index (χ0n) is 13.9. The van der Waals surface area contributed by atoms with Gasteiger partial charge in [0.25, 0.3) is 6.02 Å². The second-order valence-electron chi connectivity index (χ2n) is 6.66. The third-order valence-electron chi connectivity index (χ3n) is 4.74. The fourth-order valence-electron chi connectivity index (χ4n) is 2.85. The predicted molar refractivity (Wildman–Crippen MR) is 85.4 cm³/mol. The fourth-order valence-corrected chi connectivity index (χ4v) is 2.85. The van der Waals surface area contributed by atoms with Crippen LogP contribution in [0, 0.1) is 17.3 Å². The molecule has 1 N–H and O–H groups in total. The van der Waals surface area contributed by atoms with Crippen molar-refractivity contribution >= 4 is 11.7 Å². The van der Waals surface area contributed by atoms with E-state index in [4.69, 9.17) is 4.74 Å². The average Bonchev–Trinajstić information content (AvgIpc) is 2.47. The Bertz CT molecular complexity index is 571. The van der Waals surface area contributed by atoms with Crippen LogP contribution in [-0.4, -0.2) is 19.2 Å². The Hall–Kier alpha value is -1.72. The van der Waals surface area contributed by atoms with Gasteiger partial charge in [-0.05, 0) is 30.0 Å². The van der Waals surface area contributed by atoms with Crippen molar-refractivity contribution < 1.29 is 17.9 Å². The van der Waals surface area contributed by atoms with Gasteiger partial charge in [0.2, 0.25) is 0 Å². The molecule has 6 heteroatoms. The van der Waals surface area contributed by atoms with Crippen LogP contribution in [0.15, 0.2) is 29.3 Å². The van der Waals surface area contributed by atoms with E-state index in [1.807, 2.05) is 0 Å². The molecule has 0 fully saturated rings. The quantitative estimate of drug-likeness (QED) is 0.864. The summed E-state index contributed by atoms with van der Waals surface area (Å²) >= 11 is 0. The molecule has 0 saturated carbocycles. The Morgan fingerprint density at radius 2 is 1.83 bits per heavy atom. The molecular weight excluding hydrogens is 305 g/mol. The molecule has 1 aliphatic heterocycles. The van der Waals surface area contributed by atoms with E-state index in [0.29, 0.717) is 30.7 Å². The van der Waals surface area contributed by atoms with E-state index in [1.54, 1.807) is 6.07 Å². The minimum Gasteiger partial charge on any atom is -0.464 e. The molecule has 0 radical (unpaired) electrons. The number of benzene rings is 1. The van der Waals surface area contributed by atoms with E-state index in [2.05, 4.69) is 38.0 Å². The van der Waals surface area contributed by atoms with E-state index in [1.165, 1.54) is 6.07 Å². The van der Waals surface area contributed by atoms with Crippen molar-refractivity contribution in [2.75, 3.05) is 18.5 Å². The van der Waals surface area contributed by atoms with Gasteiger partial charge < -0.3 is 10.1 Å². The lowest BCUT2D eigenvalue weighted by molar-refractivity contribution is -0.137. The third-order valence-corrected chi connectivity index (χ3v) is 4.74. The monoisotopic (exact) mass is 328 g/mol. The normalized spacial score (nSPS) is 17.9. The molecule has 1 aromatic rings. The summed E-state index contributed by atoms with van der Waals surface area (Å²) in [5.74, 6) is 0.808. The van der Waals surface area contributed by atoms with Crippen LogP contribution in [0.25, 0.3) is 0 Å². The third kappa shape index (κ3) is 3.79. The van der Waals surface area contributed by atoms with Crippen LogP contribution >= 0.6 is 0 Å². The molecule has 0 amide bonds. The molecule has 0 aliphatic carbocycles. The summed E-state index contributed by atoms with van der Waals surface area (Å²) in [4.78, 5) is 4.41. The van der Waals surface area contributed by atoms with E-state index >= 15 is 0 Å². The summed E-state index contributed by atoms with van der Waals surface area (Å²) in [6.45, 7) is 9.68. The molecule has 128 valence electrons. The summed E-state index contributed by atoms with van der Waals surface area (Å²) in [5, 5.41) is 2.84. The van der Waals surface area contributed by atoms with Crippen molar-refractivity contribution in [3.05, 3.63) is 29.8 Å². The smallest absolute Gasteiger partial charge is 0.416 e. The molecule has 0 spiro atoms. The summed E-state index contributed by atoms with van der Waals surface area (Å²) in [7, 11) is 0. The number of ether oxygens (including phenoxy) is 1. The molecule has 1 aromatic carbocycles. The van der Waals surface area contributed by atoms with Crippen LogP contribution in [0.1, 0.15) is 33.3 Å². The Kier molecular flexibility index (Phi) is 4.92. The number of nitrogens with one attached hydrogen (secondary N) is 1. The minimum atomic E-state index is -4.36. The first-order chi connectivity index (χ1) is 10.6. The first kappa shape index (κ1) is 17.6. The van der Waals surface area contributed by atoms with Gasteiger partial charge in [0.1, 0.15) is 0 Å². The standard InChI is InChI=1S/C17H23F3N2O/c1-11(2)16(12(3)4)9-21-15(23-10-16)22-14-7-5-6-13(8-14)17(18,19)20/h5-8,11-12H,9-10H2,1-4H3,(H,21,22). The van der Waals surface area contributed by atoms with E-state index in [0.717, 1.165) is 12.1 Å². The number of anilines is 1. The summed E-state index contributed by atoms with van der Waals surface area (Å²) in [6, 6.07) is 5.30. The van der Waals surface area contributed by atoms with Crippen LogP contribution in [0.5, 0.6) is 0 Å². The van der Waals surface area contributed by atoms with Crippen molar-refractivity contribution in [1.82, 2.24) is 0 Å². The van der Waals surface area contributed by atoms with E-state index < -0.39 is 11.7 Å². The Labute approximate surface area is 134 Å². The van der Waals surface area contributed by atoms with Crippen molar-refractivity contribution in [3.63, 3.8) is 0 Å². The minimum absolute atomic E-state index is 0.0427. The Balaban J connectivity index is 2.13. The molecule has 0 aromatic heterocycles. The van der Waals surface area contributed by atoms with Crippen LogP contribution in [-0.2, 0) is 10.9 Å². The molecule has 0 unspecified atom stereocenters. The maximum absolute atomic E-state index is 12.7. The molecule has 23 heavy (non-hydrogen) atoms. The van der Waals surface area contributed by atoms with Crippen molar-refractivity contribution in [3.8, 4) is 0 Å². The highest BCUT2D eigenvalue weighted by Crippen LogP contribution is 2.38. The van der Waals surface area contributed by atoms with Gasteiger partial charge in [-0.2, -0.15) is 13.2 Å². The van der Waals surface area contributed by atoms with Gasteiger partial charge in [-0.3, -0.25) is 0 Å². The predicted octanol–water partition coefficient (Wildman–Crippen LogP) is 4.80. The number of alkyl halides is 3. The van der Waals surface area contributed by atoms with Gasteiger partial charge in [-0.25, -0.2) is 4.99 Å². The highest BCUT2D eigenvalue weighted by atomic mass is 19.4. The lowest BCUT2D eigenvalue weighted by atomic mass is 9.69. The molecule has 3 nitrogen and oxygen atoms in total. The number of aliphatic imine (C=N–C) groups is 1. The highest BCUT2D eigenvalue weighted by molar-refractivity contribution is 5.89. The van der Waals surface area contributed by atoms with Crippen molar-refractivity contribution in [2.45, 2.75) is 33.9 Å². The molecule has 0 atom stereocenters. The van der Waals surface area contributed by atoms with Gasteiger partial charge in [0.15, 0.2) is 0 Å². The number of amidine groups is 1. The fraction of sp³-hybridized carbons (Fsp3) is 0.588. The first-order valence-corrected chi connectivity index (χ1v) is 7.76. The lowest BCUT2D eigenvalue weighted by Crippen LogP contribution is -2.45. The number of hydrogen-bond acceptors (Lipinski definition) is 3. The Morgan fingerprint density at radius 3 is 2.30 bits per heavy atom. The van der Waals surface area contributed by atoms with Gasteiger partial charge in [-0.1, -0.05) is 33.8 Å². The largest absolute Gasteiger partial charge is 0.464 e. The lowest BCUT2D eigenvalue weighted by Gasteiger charge is -2.42. The molecular formula is C17H23F3N2O. The van der Waals surface area contributed by atoms with Crippen molar-refractivity contribution in [2.24, 2.45) is 22.2 Å². The zero-order chi connectivity index (χ0) is 17.3. The van der Waals surface area contributed by atoms with E-state index in [-0.39, 0.29) is 11.4 Å². The highest BCUT2D eigenvalue weighted by Gasteiger charge is 2.40. The number of nitrogens with zero attached hydrogens (tertiary/aromatic N) is 1. The number of halogens is 3. The summed E-state index contributed by atoms with van der Waals surface area (Å²) < 4.78 is 43.9. The molecule has 0 saturated heterocycles. The maximum atomic E-state index is 12.7. The topological polar surface area (TPSA) is 33.6 Å². The summed E-state index contributed by atoms with van der Waals surface area (Å²) in [5.41, 5.74) is -0.420. The van der Waals surface area contributed by atoms with Crippen molar-refractivity contribution in [1.29, 1.82) is 0 Å². The van der Waals surface area contributed by atoms with Gasteiger partial charge >= 0.3 is 6.18 Å². The van der Waals surface area contributed by atoms with E-state index in [9.17, 15) is 13.2 Å². The molecule has 2 rings (SSSR count). The van der Waals surface area contributed by atoms with Crippen LogP contribution < -0.4 is 5.32 Å². The SMILES string of the molecule is CC(C)C1(C(C)C)CN=C(Nc2cccc(C(F)(F)F)c2)OC1. The van der Waals surface area contributed by atoms with Gasteiger partial charge in [-0.15, -0.1) is 0 Å². The number of hydrogen-bond donors (Lipinski definition) is 1. The summed E-state index contributed by atoms with van der Waals surface area (Å²) in [6.07, 6.45) is -4.36. The Morgan fingerprint density at radius 1 is 1.17 bits per heavy atom. The van der Waals surface area contributed by atoms with Crippen LogP contribution in [0.3, 0.4) is 0 Å². The molecule has 1 heterocycles. The second kappa shape index (κ2) is 6.42. The molecule has 0 bridgehead atoms. The van der Waals surface area contributed by atoms with Crippen LogP contribution in [0.2, 0.25) is 0 Å². The number of rotatable bonds is 3. The zero-order valence-corrected chi connectivity index (χ0v) is 13.9.